The summed E-state index contributed by atoms with van der Waals surface area (Å²) < 4.78 is 21.9. The first kappa shape index (κ1) is 21.5. The number of anilines is 1. The lowest BCUT2D eigenvalue weighted by Crippen LogP contribution is -2.48. The molecular weight excluding hydrogens is 425 g/mol. The van der Waals surface area contributed by atoms with Gasteiger partial charge in [0.25, 0.3) is 5.91 Å². The van der Waals surface area contributed by atoms with E-state index in [-0.39, 0.29) is 11.9 Å². The lowest BCUT2D eigenvalue weighted by atomic mass is 9.81. The van der Waals surface area contributed by atoms with E-state index in [0.717, 1.165) is 32.7 Å². The molecule has 0 bridgehead atoms. The number of halogens is 1. The average molecular weight is 456 g/mol. The number of furan rings is 1. The van der Waals surface area contributed by atoms with Gasteiger partial charge in [0.1, 0.15) is 5.67 Å². The number of nitrogens with zero attached hydrogens (tertiary/aromatic N) is 2. The molecule has 1 saturated heterocycles. The molecule has 7 heteroatoms. The van der Waals surface area contributed by atoms with E-state index in [9.17, 15) is 4.79 Å². The van der Waals surface area contributed by atoms with E-state index in [1.165, 1.54) is 22.0 Å². The molecule has 2 fully saturated rings. The molecule has 5 nitrogen and oxygen atoms in total. The Hall–Kier alpha value is -2.38. The summed E-state index contributed by atoms with van der Waals surface area (Å²) in [5, 5.41) is 6.47. The lowest BCUT2D eigenvalue weighted by Gasteiger charge is -2.39. The van der Waals surface area contributed by atoms with Gasteiger partial charge in [-0.25, -0.2) is 4.39 Å². The smallest absolute Gasteiger partial charge is 0.287 e. The summed E-state index contributed by atoms with van der Waals surface area (Å²) in [6.07, 6.45) is 4.45. The van der Waals surface area contributed by atoms with Gasteiger partial charge in [-0.2, -0.15) is 0 Å². The molecule has 5 rings (SSSR count). The summed E-state index contributed by atoms with van der Waals surface area (Å²) in [5.74, 6) is 0.110. The number of benzene rings is 1. The van der Waals surface area contributed by atoms with E-state index in [2.05, 4.69) is 44.8 Å². The molecule has 0 atom stereocenters. The van der Waals surface area contributed by atoms with E-state index in [4.69, 9.17) is 4.42 Å². The first-order valence-electron chi connectivity index (χ1n) is 11.6. The number of rotatable bonds is 6. The second kappa shape index (κ2) is 9.24. The molecule has 3 heterocycles. The largest absolute Gasteiger partial charge is 0.459 e. The van der Waals surface area contributed by atoms with Crippen molar-refractivity contribution in [3.8, 4) is 0 Å². The van der Waals surface area contributed by atoms with Gasteiger partial charge >= 0.3 is 0 Å². The van der Waals surface area contributed by atoms with Crippen LogP contribution in [-0.4, -0.2) is 55.2 Å². The minimum absolute atomic E-state index is 0.0276. The maximum atomic E-state index is 15.4. The zero-order valence-corrected chi connectivity index (χ0v) is 19.1. The first-order chi connectivity index (χ1) is 15.6. The van der Waals surface area contributed by atoms with Crippen LogP contribution in [0.4, 0.5) is 10.1 Å². The summed E-state index contributed by atoms with van der Waals surface area (Å²) in [4.78, 5) is 17.0. The average Bonchev–Trinajstić information content (AvgIpc) is 3.52. The first-order valence-corrected chi connectivity index (χ1v) is 12.4. The molecule has 1 amide bonds. The van der Waals surface area contributed by atoms with Crippen molar-refractivity contribution >= 4 is 33.0 Å². The topological polar surface area (TPSA) is 48.7 Å². The van der Waals surface area contributed by atoms with Gasteiger partial charge in [-0.05, 0) is 67.8 Å². The fourth-order valence-corrected chi connectivity index (χ4v) is 5.83. The van der Waals surface area contributed by atoms with Gasteiger partial charge in [-0.3, -0.25) is 9.69 Å². The number of hydrogen-bond acceptors (Lipinski definition) is 5. The monoisotopic (exact) mass is 455 g/mol. The number of alkyl halides is 1. The molecule has 1 N–H and O–H groups in total. The Balaban J connectivity index is 1.07. The van der Waals surface area contributed by atoms with Crippen LogP contribution in [0, 0.1) is 0 Å². The number of piperazine rings is 1. The van der Waals surface area contributed by atoms with E-state index >= 15 is 4.39 Å². The Bertz CT molecular complexity index is 1030. The number of nitrogens with one attached hydrogen (secondary N) is 1. The molecule has 2 aliphatic rings. The lowest BCUT2D eigenvalue weighted by molar-refractivity contribution is 0.0626. The summed E-state index contributed by atoms with van der Waals surface area (Å²) in [7, 11) is 0. The highest BCUT2D eigenvalue weighted by atomic mass is 32.1. The number of hydrogen-bond donors (Lipinski definition) is 1. The molecular formula is C25H30FN3O2S. The molecule has 3 aromatic rings. The maximum absolute atomic E-state index is 15.4. The number of carbonyl (C=O) groups excluding carboxylic acids is 1. The summed E-state index contributed by atoms with van der Waals surface area (Å²) >= 11 is 1.79. The molecule has 0 spiro atoms. The van der Waals surface area contributed by atoms with Crippen molar-refractivity contribution in [1.29, 1.82) is 0 Å². The number of fused-ring (bicyclic) bond motifs is 1. The molecule has 1 aromatic carbocycles. The van der Waals surface area contributed by atoms with Crippen LogP contribution in [0.5, 0.6) is 0 Å². The van der Waals surface area contributed by atoms with E-state index < -0.39 is 5.67 Å². The van der Waals surface area contributed by atoms with E-state index in [0.29, 0.717) is 37.9 Å². The van der Waals surface area contributed by atoms with Crippen molar-refractivity contribution in [2.24, 2.45) is 0 Å². The maximum Gasteiger partial charge on any atom is 0.287 e. The minimum Gasteiger partial charge on any atom is -0.459 e. The van der Waals surface area contributed by atoms with E-state index in [1.807, 2.05) is 0 Å². The second-order valence-corrected chi connectivity index (χ2v) is 10.0. The summed E-state index contributed by atoms with van der Waals surface area (Å²) in [5.41, 5.74) is 0.200. The van der Waals surface area contributed by atoms with Gasteiger partial charge in [-0.15, -0.1) is 11.3 Å². The van der Waals surface area contributed by atoms with Crippen LogP contribution in [0.1, 0.15) is 42.7 Å². The van der Waals surface area contributed by atoms with Gasteiger partial charge in [0.15, 0.2) is 5.76 Å². The predicted molar refractivity (Wildman–Crippen MR) is 127 cm³/mol. The van der Waals surface area contributed by atoms with Gasteiger partial charge in [-0.1, -0.05) is 6.07 Å². The van der Waals surface area contributed by atoms with Gasteiger partial charge in [0, 0.05) is 54.5 Å². The van der Waals surface area contributed by atoms with Crippen LogP contribution in [0.3, 0.4) is 0 Å². The second-order valence-electron chi connectivity index (χ2n) is 9.06. The van der Waals surface area contributed by atoms with Crippen LogP contribution in [0.2, 0.25) is 0 Å². The molecule has 1 saturated carbocycles. The number of amides is 1. The summed E-state index contributed by atoms with van der Waals surface area (Å²) in [6.45, 7) is 4.71. The Morgan fingerprint density at radius 1 is 1.12 bits per heavy atom. The fourth-order valence-electron chi connectivity index (χ4n) is 5.02. The van der Waals surface area contributed by atoms with Crippen molar-refractivity contribution in [3.63, 3.8) is 0 Å². The third kappa shape index (κ3) is 4.69. The highest BCUT2D eigenvalue weighted by Crippen LogP contribution is 2.36. The molecule has 1 aliphatic heterocycles. The number of carbonyl (C=O) groups is 1. The van der Waals surface area contributed by atoms with Crippen molar-refractivity contribution < 1.29 is 13.6 Å². The quantitative estimate of drug-likeness (QED) is 0.563. The van der Waals surface area contributed by atoms with Gasteiger partial charge < -0.3 is 14.6 Å². The number of thiophene rings is 1. The Morgan fingerprint density at radius 2 is 1.94 bits per heavy atom. The van der Waals surface area contributed by atoms with Gasteiger partial charge in [0.05, 0.1) is 6.26 Å². The standard InChI is InChI=1S/C25H30FN3O2S/c26-25(9-6-19(7-10-25)27-24(30)22-4-2-17-31-22)11-12-28-13-15-29(16-14-28)21-3-1-5-23-20(21)8-18-32-23/h1-5,8,17-19H,6-7,9-16H2,(H,27,30)/t19-,25+. The molecule has 32 heavy (non-hydrogen) atoms. The van der Waals surface area contributed by atoms with Crippen molar-refractivity contribution in [1.82, 2.24) is 10.2 Å². The molecule has 0 radical (unpaired) electrons. The Labute approximate surface area is 192 Å². The van der Waals surface area contributed by atoms with Crippen molar-refractivity contribution in [3.05, 3.63) is 53.8 Å². The molecule has 1 aliphatic carbocycles. The van der Waals surface area contributed by atoms with Crippen LogP contribution in [0.15, 0.2) is 52.5 Å². The normalized spacial score (nSPS) is 24.7. The van der Waals surface area contributed by atoms with Crippen LogP contribution in [-0.2, 0) is 0 Å². The molecule has 2 aromatic heterocycles. The minimum atomic E-state index is -1.12. The molecule has 170 valence electrons. The van der Waals surface area contributed by atoms with Crippen LogP contribution >= 0.6 is 11.3 Å². The van der Waals surface area contributed by atoms with Crippen LogP contribution in [0.25, 0.3) is 10.1 Å². The SMILES string of the molecule is O=C(N[C@H]1CC[C@](F)(CCN2CCN(c3cccc4sccc34)CC2)CC1)c1ccco1. The van der Waals surface area contributed by atoms with E-state index in [1.54, 1.807) is 23.5 Å². The fraction of sp³-hybridized carbons (Fsp3) is 0.480. The zero-order chi connectivity index (χ0) is 22.0. The third-order valence-corrected chi connectivity index (χ3v) is 7.91. The zero-order valence-electron chi connectivity index (χ0n) is 18.3. The third-order valence-electron chi connectivity index (χ3n) is 7.02. The highest BCUT2D eigenvalue weighted by molar-refractivity contribution is 7.17. The van der Waals surface area contributed by atoms with Crippen molar-refractivity contribution in [2.75, 3.05) is 37.6 Å². The van der Waals surface area contributed by atoms with Crippen molar-refractivity contribution in [2.45, 2.75) is 43.8 Å². The highest BCUT2D eigenvalue weighted by Gasteiger charge is 2.36. The molecule has 0 unspecified atom stereocenters. The summed E-state index contributed by atoms with van der Waals surface area (Å²) in [6, 6.07) is 12.1. The Kier molecular flexibility index (Phi) is 6.20. The van der Waals surface area contributed by atoms with Crippen LogP contribution < -0.4 is 10.2 Å². The van der Waals surface area contributed by atoms with Gasteiger partial charge in [0.2, 0.25) is 0 Å². The predicted octanol–water partition coefficient (Wildman–Crippen LogP) is 5.09. The Morgan fingerprint density at radius 3 is 2.69 bits per heavy atom.